The second kappa shape index (κ2) is 14.5. The minimum Gasteiger partial charge on any atom is -0.472 e. The van der Waals surface area contributed by atoms with Crippen LogP contribution in [0.4, 0.5) is 4.79 Å². The van der Waals surface area contributed by atoms with Crippen molar-refractivity contribution in [1.29, 1.82) is 0 Å². The summed E-state index contributed by atoms with van der Waals surface area (Å²) >= 11 is 6.45. The van der Waals surface area contributed by atoms with Gasteiger partial charge in [0.05, 0.1) is 11.8 Å². The number of carbonyl (C=O) groups excluding carboxylic acids is 4. The van der Waals surface area contributed by atoms with Crippen molar-refractivity contribution < 1.29 is 37.1 Å². The molecule has 4 rings (SSSR count). The normalized spacial score (nSPS) is 24.5. The first kappa shape index (κ1) is 39.1. The van der Waals surface area contributed by atoms with Gasteiger partial charge in [-0.25, -0.2) is 18.2 Å². The molecule has 5 atom stereocenters. The summed E-state index contributed by atoms with van der Waals surface area (Å²) in [4.78, 5) is 60.7. The zero-order valence-electron chi connectivity index (χ0n) is 30.1. The first-order valence-electron chi connectivity index (χ1n) is 16.9. The molecule has 13 nitrogen and oxygen atoms in total. The predicted molar refractivity (Wildman–Crippen MR) is 190 cm³/mol. The molecule has 0 radical (unpaired) electrons. The molecular formula is C35H50ClN5O8S. The van der Waals surface area contributed by atoms with Gasteiger partial charge >= 0.3 is 6.09 Å². The summed E-state index contributed by atoms with van der Waals surface area (Å²) in [6, 6.07) is -0.508. The molecule has 3 aliphatic rings. The quantitative estimate of drug-likeness (QED) is 0.264. The van der Waals surface area contributed by atoms with Crippen LogP contribution in [0.2, 0.25) is 0 Å². The third-order valence-electron chi connectivity index (χ3n) is 9.13. The number of allylic oxidation sites excluding steroid dienone is 2. The average Bonchev–Trinajstić information content (AvgIpc) is 3.92. The van der Waals surface area contributed by atoms with E-state index < -0.39 is 73.8 Å². The van der Waals surface area contributed by atoms with Crippen LogP contribution in [0.25, 0.3) is 5.03 Å². The van der Waals surface area contributed by atoms with Gasteiger partial charge in [0, 0.05) is 28.8 Å². The van der Waals surface area contributed by atoms with Gasteiger partial charge in [0.25, 0.3) is 5.91 Å². The highest BCUT2D eigenvalue weighted by Crippen LogP contribution is 2.47. The van der Waals surface area contributed by atoms with E-state index in [1.807, 2.05) is 6.92 Å². The maximum atomic E-state index is 14.4. The number of nitrogens with zero attached hydrogens (tertiary/aromatic N) is 2. The van der Waals surface area contributed by atoms with Crippen LogP contribution >= 0.6 is 11.6 Å². The van der Waals surface area contributed by atoms with E-state index in [0.717, 1.165) is 0 Å². The number of amides is 4. The summed E-state index contributed by atoms with van der Waals surface area (Å²) in [6.45, 7) is 17.7. The zero-order valence-corrected chi connectivity index (χ0v) is 31.7. The molecule has 1 aromatic rings. The van der Waals surface area contributed by atoms with Crippen molar-refractivity contribution in [3.63, 3.8) is 0 Å². The Labute approximate surface area is 300 Å². The lowest BCUT2D eigenvalue weighted by molar-refractivity contribution is -0.143. The third-order valence-corrected chi connectivity index (χ3v) is 11.3. The summed E-state index contributed by atoms with van der Waals surface area (Å²) in [5.74, 6) is -2.02. The van der Waals surface area contributed by atoms with E-state index in [1.54, 1.807) is 66.7 Å². The third kappa shape index (κ3) is 8.98. The van der Waals surface area contributed by atoms with Crippen molar-refractivity contribution in [3.8, 4) is 5.88 Å². The Bertz CT molecular complexity index is 1660. The number of rotatable bonds is 12. The van der Waals surface area contributed by atoms with Crippen molar-refractivity contribution in [3.05, 3.63) is 42.1 Å². The number of pyridine rings is 1. The van der Waals surface area contributed by atoms with Gasteiger partial charge in [-0.15, -0.1) is 0 Å². The van der Waals surface area contributed by atoms with Crippen molar-refractivity contribution in [2.24, 2.45) is 11.3 Å². The van der Waals surface area contributed by atoms with Crippen LogP contribution in [-0.2, 0) is 29.1 Å². The Hall–Kier alpha value is -3.65. The van der Waals surface area contributed by atoms with E-state index in [9.17, 15) is 27.6 Å². The molecule has 2 saturated carbocycles. The highest BCUT2D eigenvalue weighted by Gasteiger charge is 2.62. The fourth-order valence-corrected chi connectivity index (χ4v) is 7.81. The molecular weight excluding hydrogens is 686 g/mol. The fourth-order valence-electron chi connectivity index (χ4n) is 6.16. The molecule has 15 heteroatoms. The lowest BCUT2D eigenvalue weighted by atomic mass is 9.85. The number of ether oxygens (including phenoxy) is 2. The molecule has 0 unspecified atom stereocenters. The number of alkyl carbamates (subject to hydrolysis) is 1. The Balaban J connectivity index is 1.65. The SMILES string of the molecule is C=C/C=C(/Cl)c1ccnc(O[C@@H]2C[C@@H](C(=O)N[C@]3(C(=O)NS(=O)(=O)C4CC4)C[C@H]3CC)N(C(=O)[C@@H](NC(=O)OC(C)(C)C)C(C)(C)C)C2)c1C. The Kier molecular flexibility index (Phi) is 11.4. The maximum absolute atomic E-state index is 14.4. The number of hydrogen-bond donors (Lipinski definition) is 3. The molecule has 1 aromatic heterocycles. The number of likely N-dealkylation sites (tertiary alicyclic amines) is 1. The smallest absolute Gasteiger partial charge is 0.408 e. The number of aromatic nitrogens is 1. The molecule has 0 aromatic carbocycles. The highest BCUT2D eigenvalue weighted by atomic mass is 35.5. The number of sulfonamides is 1. The average molecular weight is 736 g/mol. The van der Waals surface area contributed by atoms with Crippen molar-refractivity contribution in [2.45, 2.75) is 122 Å². The fraction of sp³-hybridized carbons (Fsp3) is 0.629. The summed E-state index contributed by atoms with van der Waals surface area (Å²) in [5.41, 5.74) is -1.77. The molecule has 4 amide bonds. The van der Waals surface area contributed by atoms with Gasteiger partial charge in [-0.3, -0.25) is 19.1 Å². The minimum atomic E-state index is -3.87. The van der Waals surface area contributed by atoms with E-state index in [-0.39, 0.29) is 31.2 Å². The van der Waals surface area contributed by atoms with Crippen LogP contribution < -0.4 is 20.1 Å². The second-order valence-corrected chi connectivity index (χ2v) is 17.8. The van der Waals surface area contributed by atoms with E-state index in [2.05, 4.69) is 26.9 Å². The van der Waals surface area contributed by atoms with E-state index in [0.29, 0.717) is 35.4 Å². The molecule has 50 heavy (non-hydrogen) atoms. The zero-order chi connectivity index (χ0) is 37.4. The molecule has 1 saturated heterocycles. The second-order valence-electron chi connectivity index (χ2n) is 15.4. The predicted octanol–water partition coefficient (Wildman–Crippen LogP) is 4.34. The Morgan fingerprint density at radius 2 is 1.84 bits per heavy atom. The minimum absolute atomic E-state index is 0.0251. The van der Waals surface area contributed by atoms with Crippen LogP contribution in [0.1, 0.15) is 91.7 Å². The van der Waals surface area contributed by atoms with E-state index in [4.69, 9.17) is 21.1 Å². The Morgan fingerprint density at radius 1 is 1.18 bits per heavy atom. The van der Waals surface area contributed by atoms with E-state index >= 15 is 0 Å². The lowest BCUT2D eigenvalue weighted by Gasteiger charge is -2.36. The molecule has 0 spiro atoms. The van der Waals surface area contributed by atoms with E-state index in [1.165, 1.54) is 11.1 Å². The molecule has 2 heterocycles. The molecule has 276 valence electrons. The molecule has 3 fully saturated rings. The topological polar surface area (TPSA) is 173 Å². The number of halogens is 1. The largest absolute Gasteiger partial charge is 0.472 e. The summed E-state index contributed by atoms with van der Waals surface area (Å²) in [7, 11) is -3.87. The van der Waals surface area contributed by atoms with Crippen LogP contribution in [0, 0.1) is 18.3 Å². The van der Waals surface area contributed by atoms with Crippen molar-refractivity contribution in [1.82, 2.24) is 25.2 Å². The standard InChI is InChI=1S/C35H50ClN5O8S/c1-10-12-25(36)24-15-16-37-29(20(24)3)48-22-17-26(41(19-22)30(43)27(33(4,5)6)38-32(45)49-34(7,8)9)28(42)39-35(18-21(35)11-2)31(44)40-50(46,47)23-13-14-23/h10,12,15-16,21-23,26-27H,1,11,13-14,17-19H2,2-9H3,(H,38,45)(H,39,42)(H,40,44)/b25-12+/t21-,22-,26+,27-,35-/m1/s1. The Morgan fingerprint density at radius 3 is 2.38 bits per heavy atom. The molecule has 3 N–H and O–H groups in total. The summed E-state index contributed by atoms with van der Waals surface area (Å²) < 4.78 is 39.3. The first-order chi connectivity index (χ1) is 23.1. The van der Waals surface area contributed by atoms with Crippen LogP contribution in [-0.4, -0.2) is 83.2 Å². The first-order valence-corrected chi connectivity index (χ1v) is 18.8. The number of carbonyl (C=O) groups is 4. The van der Waals surface area contributed by atoms with Gasteiger partial charge in [0.1, 0.15) is 29.3 Å². The van der Waals surface area contributed by atoms with Gasteiger partial charge in [-0.2, -0.15) is 0 Å². The molecule has 0 bridgehead atoms. The van der Waals surface area contributed by atoms with Gasteiger partial charge < -0.3 is 25.0 Å². The maximum Gasteiger partial charge on any atom is 0.408 e. The van der Waals surface area contributed by atoms with Crippen LogP contribution in [0.15, 0.2) is 31.0 Å². The van der Waals surface area contributed by atoms with Crippen molar-refractivity contribution in [2.75, 3.05) is 6.54 Å². The highest BCUT2D eigenvalue weighted by molar-refractivity contribution is 7.91. The molecule has 1 aliphatic heterocycles. The monoisotopic (exact) mass is 735 g/mol. The summed E-state index contributed by atoms with van der Waals surface area (Å²) in [6.07, 6.45) is 4.96. The number of hydrogen-bond acceptors (Lipinski definition) is 9. The molecule has 2 aliphatic carbocycles. The van der Waals surface area contributed by atoms with Gasteiger partial charge in [0.15, 0.2) is 0 Å². The van der Waals surface area contributed by atoms with Gasteiger partial charge in [-0.1, -0.05) is 58.4 Å². The van der Waals surface area contributed by atoms with Crippen molar-refractivity contribution >= 4 is 50.5 Å². The summed E-state index contributed by atoms with van der Waals surface area (Å²) in [5, 5.41) is 5.33. The number of nitrogens with one attached hydrogen (secondary N) is 3. The van der Waals surface area contributed by atoms with Gasteiger partial charge in [0.2, 0.25) is 27.7 Å². The van der Waals surface area contributed by atoms with Crippen LogP contribution in [0.3, 0.4) is 0 Å². The lowest BCUT2D eigenvalue weighted by Crippen LogP contribution is -2.60. The van der Waals surface area contributed by atoms with Gasteiger partial charge in [-0.05, 0) is 70.4 Å². The van der Waals surface area contributed by atoms with Crippen LogP contribution in [0.5, 0.6) is 5.88 Å².